The molecule has 0 aliphatic carbocycles. The number of carboxylic acid groups (broad SMARTS) is 1. The van der Waals surface area contributed by atoms with Crippen molar-refractivity contribution in [3.63, 3.8) is 0 Å². The molecule has 0 saturated heterocycles. The summed E-state index contributed by atoms with van der Waals surface area (Å²) >= 11 is 4.00. The Hall–Kier alpha value is -1.00. The lowest BCUT2D eigenvalue weighted by Crippen LogP contribution is -2.37. The minimum absolute atomic E-state index is 0.292. The fourth-order valence-electron chi connectivity index (χ4n) is 1.47. The summed E-state index contributed by atoms with van der Waals surface area (Å²) in [4.78, 5) is 10.8. The molecule has 0 spiro atoms. The van der Waals surface area contributed by atoms with Gasteiger partial charge in [-0.1, -0.05) is 18.2 Å². The largest absolute Gasteiger partial charge is 0.480 e. The van der Waals surface area contributed by atoms with Crippen LogP contribution in [0.25, 0.3) is 0 Å². The summed E-state index contributed by atoms with van der Waals surface area (Å²) in [5, 5.41) is 11.8. The van der Waals surface area contributed by atoms with Crippen LogP contribution < -0.4 is 5.32 Å². The lowest BCUT2D eigenvalue weighted by molar-refractivity contribution is -0.138. The maximum atomic E-state index is 10.8. The third kappa shape index (κ3) is 3.25. The van der Waals surface area contributed by atoms with Gasteiger partial charge in [0.05, 0.1) is 0 Å². The average Bonchev–Trinajstić information content (AvgIpc) is 2.24. The summed E-state index contributed by atoms with van der Waals surface area (Å²) in [6, 6.07) is 5.44. The number of carboxylic acids is 1. The van der Waals surface area contributed by atoms with Crippen molar-refractivity contribution in [2.45, 2.75) is 26.4 Å². The molecule has 88 valence electrons. The molecular weight excluding hydrogens is 222 g/mol. The van der Waals surface area contributed by atoms with Crippen LogP contribution >= 0.6 is 12.6 Å². The lowest BCUT2D eigenvalue weighted by atomic mass is 10.0. The Balaban J connectivity index is 2.67. The van der Waals surface area contributed by atoms with Crippen LogP contribution in [0.5, 0.6) is 0 Å². The molecular formula is C12H17NO2S. The minimum Gasteiger partial charge on any atom is -0.480 e. The number of aliphatic carboxylic acids is 1. The van der Waals surface area contributed by atoms with E-state index < -0.39 is 12.0 Å². The molecule has 0 aliphatic heterocycles. The molecule has 0 fully saturated rings. The van der Waals surface area contributed by atoms with Crippen LogP contribution in [0, 0.1) is 13.8 Å². The van der Waals surface area contributed by atoms with Crippen molar-refractivity contribution in [3.8, 4) is 0 Å². The number of hydrogen-bond donors (Lipinski definition) is 3. The second kappa shape index (κ2) is 5.92. The highest BCUT2D eigenvalue weighted by atomic mass is 32.1. The van der Waals surface area contributed by atoms with E-state index in [2.05, 4.69) is 17.9 Å². The van der Waals surface area contributed by atoms with Gasteiger partial charge < -0.3 is 5.11 Å². The van der Waals surface area contributed by atoms with Crippen molar-refractivity contribution < 1.29 is 9.90 Å². The van der Waals surface area contributed by atoms with E-state index in [0.29, 0.717) is 12.3 Å². The topological polar surface area (TPSA) is 49.3 Å². The van der Waals surface area contributed by atoms with Gasteiger partial charge in [-0.05, 0) is 30.5 Å². The Labute approximate surface area is 101 Å². The number of aryl methyl sites for hydroxylation is 1. The molecule has 0 bridgehead atoms. The Bertz CT molecular complexity index is 379. The molecule has 0 unspecified atom stereocenters. The van der Waals surface area contributed by atoms with E-state index in [1.807, 2.05) is 32.0 Å². The van der Waals surface area contributed by atoms with E-state index >= 15 is 0 Å². The van der Waals surface area contributed by atoms with Gasteiger partial charge in [0.25, 0.3) is 0 Å². The summed E-state index contributed by atoms with van der Waals surface area (Å²) in [6.45, 7) is 4.65. The predicted molar refractivity (Wildman–Crippen MR) is 68.0 cm³/mol. The van der Waals surface area contributed by atoms with Gasteiger partial charge in [-0.2, -0.15) is 12.6 Å². The first-order chi connectivity index (χ1) is 7.56. The first-order valence-corrected chi connectivity index (χ1v) is 5.81. The van der Waals surface area contributed by atoms with Crippen LogP contribution in [-0.4, -0.2) is 22.9 Å². The molecule has 0 aromatic heterocycles. The van der Waals surface area contributed by atoms with Crippen LogP contribution in [0.2, 0.25) is 0 Å². The SMILES string of the molecule is Cc1cccc(CN[C@@H](CS)C(=O)O)c1C. The smallest absolute Gasteiger partial charge is 0.321 e. The van der Waals surface area contributed by atoms with Crippen molar-refractivity contribution in [2.75, 3.05) is 5.75 Å². The molecule has 0 amide bonds. The fraction of sp³-hybridized carbons (Fsp3) is 0.417. The summed E-state index contributed by atoms with van der Waals surface area (Å²) < 4.78 is 0. The number of thiol groups is 1. The van der Waals surface area contributed by atoms with Crippen LogP contribution in [0.15, 0.2) is 18.2 Å². The van der Waals surface area contributed by atoms with Crippen molar-refractivity contribution in [1.82, 2.24) is 5.32 Å². The van der Waals surface area contributed by atoms with Crippen LogP contribution in [-0.2, 0) is 11.3 Å². The maximum absolute atomic E-state index is 10.8. The summed E-state index contributed by atoms with van der Waals surface area (Å²) in [5.41, 5.74) is 3.56. The van der Waals surface area contributed by atoms with Crippen molar-refractivity contribution in [1.29, 1.82) is 0 Å². The maximum Gasteiger partial charge on any atom is 0.321 e. The highest BCUT2D eigenvalue weighted by Crippen LogP contribution is 2.12. The third-order valence-corrected chi connectivity index (χ3v) is 3.10. The first kappa shape index (κ1) is 13.1. The molecule has 0 saturated carbocycles. The molecule has 16 heavy (non-hydrogen) atoms. The van der Waals surface area contributed by atoms with E-state index in [0.717, 1.165) is 5.56 Å². The Morgan fingerprint density at radius 1 is 1.50 bits per heavy atom. The van der Waals surface area contributed by atoms with Crippen LogP contribution in [0.4, 0.5) is 0 Å². The molecule has 2 N–H and O–H groups in total. The number of hydrogen-bond acceptors (Lipinski definition) is 3. The van der Waals surface area contributed by atoms with Crippen LogP contribution in [0.3, 0.4) is 0 Å². The quantitative estimate of drug-likeness (QED) is 0.686. The van der Waals surface area contributed by atoms with E-state index in [-0.39, 0.29) is 0 Å². The molecule has 1 aromatic rings. The van der Waals surface area contributed by atoms with Gasteiger partial charge in [0.1, 0.15) is 6.04 Å². The fourth-order valence-corrected chi connectivity index (χ4v) is 1.75. The standard InChI is InChI=1S/C12H17NO2S/c1-8-4-3-5-10(9(8)2)6-13-11(7-16)12(14)15/h3-5,11,13,16H,6-7H2,1-2H3,(H,14,15)/t11-/m0/s1. The monoisotopic (exact) mass is 239 g/mol. The Morgan fingerprint density at radius 3 is 2.75 bits per heavy atom. The first-order valence-electron chi connectivity index (χ1n) is 5.18. The van der Waals surface area contributed by atoms with Gasteiger partial charge in [0, 0.05) is 12.3 Å². The predicted octanol–water partition coefficient (Wildman–Crippen LogP) is 1.78. The van der Waals surface area contributed by atoms with Gasteiger partial charge in [-0.15, -0.1) is 0 Å². The van der Waals surface area contributed by atoms with E-state index in [1.165, 1.54) is 11.1 Å². The molecule has 3 nitrogen and oxygen atoms in total. The van der Waals surface area contributed by atoms with Gasteiger partial charge in [0.15, 0.2) is 0 Å². The molecule has 1 atom stereocenters. The second-order valence-corrected chi connectivity index (χ2v) is 4.18. The van der Waals surface area contributed by atoms with E-state index in [4.69, 9.17) is 5.11 Å². The Morgan fingerprint density at radius 2 is 2.19 bits per heavy atom. The number of rotatable bonds is 5. The van der Waals surface area contributed by atoms with E-state index in [1.54, 1.807) is 0 Å². The second-order valence-electron chi connectivity index (χ2n) is 3.81. The van der Waals surface area contributed by atoms with E-state index in [9.17, 15) is 4.79 Å². The third-order valence-electron chi connectivity index (χ3n) is 2.74. The van der Waals surface area contributed by atoms with Crippen molar-refractivity contribution in [2.24, 2.45) is 0 Å². The summed E-state index contributed by atoms with van der Waals surface area (Å²) in [5.74, 6) is -0.569. The summed E-state index contributed by atoms with van der Waals surface area (Å²) in [7, 11) is 0. The minimum atomic E-state index is -0.861. The van der Waals surface area contributed by atoms with Crippen LogP contribution in [0.1, 0.15) is 16.7 Å². The number of benzene rings is 1. The highest BCUT2D eigenvalue weighted by Gasteiger charge is 2.14. The van der Waals surface area contributed by atoms with Crippen molar-refractivity contribution in [3.05, 3.63) is 34.9 Å². The normalized spacial score (nSPS) is 12.4. The average molecular weight is 239 g/mol. The molecule has 4 heteroatoms. The number of carbonyl (C=O) groups is 1. The van der Waals surface area contributed by atoms with Gasteiger partial charge >= 0.3 is 5.97 Å². The van der Waals surface area contributed by atoms with Gasteiger partial charge in [-0.25, -0.2) is 0 Å². The van der Waals surface area contributed by atoms with Gasteiger partial charge in [0.2, 0.25) is 0 Å². The zero-order valence-corrected chi connectivity index (χ0v) is 10.4. The number of nitrogens with one attached hydrogen (secondary N) is 1. The molecule has 0 heterocycles. The molecule has 0 aliphatic rings. The van der Waals surface area contributed by atoms with Crippen molar-refractivity contribution >= 4 is 18.6 Å². The molecule has 1 rings (SSSR count). The molecule has 0 radical (unpaired) electrons. The zero-order valence-electron chi connectivity index (χ0n) is 9.53. The highest BCUT2D eigenvalue weighted by molar-refractivity contribution is 7.80. The lowest BCUT2D eigenvalue weighted by Gasteiger charge is -2.14. The van der Waals surface area contributed by atoms with Gasteiger partial charge in [-0.3, -0.25) is 10.1 Å². The summed E-state index contributed by atoms with van der Waals surface area (Å²) in [6.07, 6.45) is 0. The Kier molecular flexibility index (Phi) is 4.83. The zero-order chi connectivity index (χ0) is 12.1. The molecule has 1 aromatic carbocycles.